The zero-order valence-corrected chi connectivity index (χ0v) is 10.8. The molecule has 1 aromatic heterocycles. The maximum Gasteiger partial charge on any atom is 0.337 e. The summed E-state index contributed by atoms with van der Waals surface area (Å²) in [6.07, 6.45) is 2.96. The number of hydrogen-bond acceptors (Lipinski definition) is 4. The van der Waals surface area contributed by atoms with Gasteiger partial charge in [-0.25, -0.2) is 19.6 Å². The molecule has 2 aromatic rings. The van der Waals surface area contributed by atoms with Crippen LogP contribution < -0.4 is 10.6 Å². The molecule has 7 nitrogen and oxygen atoms in total. The Balaban J connectivity index is 2.08. The molecular formula is C12H9ClN4O3. The number of rotatable bonds is 3. The molecule has 0 radical (unpaired) electrons. The van der Waals surface area contributed by atoms with E-state index in [4.69, 9.17) is 16.7 Å². The second kappa shape index (κ2) is 5.98. The van der Waals surface area contributed by atoms with Crippen LogP contribution in [0, 0.1) is 0 Å². The van der Waals surface area contributed by atoms with Gasteiger partial charge in [0.05, 0.1) is 10.6 Å². The van der Waals surface area contributed by atoms with Crippen LogP contribution in [0.1, 0.15) is 10.4 Å². The van der Waals surface area contributed by atoms with Crippen molar-refractivity contribution < 1.29 is 14.7 Å². The molecular weight excluding hydrogens is 284 g/mol. The third kappa shape index (κ3) is 3.42. The minimum Gasteiger partial charge on any atom is -0.478 e. The summed E-state index contributed by atoms with van der Waals surface area (Å²) in [7, 11) is 0. The largest absolute Gasteiger partial charge is 0.478 e. The summed E-state index contributed by atoms with van der Waals surface area (Å²) in [6.45, 7) is 0. The van der Waals surface area contributed by atoms with E-state index in [-0.39, 0.29) is 16.5 Å². The van der Waals surface area contributed by atoms with Crippen molar-refractivity contribution in [1.82, 2.24) is 9.97 Å². The third-order valence-corrected chi connectivity index (χ3v) is 2.58. The van der Waals surface area contributed by atoms with Crippen LogP contribution in [-0.2, 0) is 0 Å². The zero-order chi connectivity index (χ0) is 14.5. The number of urea groups is 1. The number of aromatic carboxylic acids is 1. The first-order valence-corrected chi connectivity index (χ1v) is 5.82. The van der Waals surface area contributed by atoms with Gasteiger partial charge >= 0.3 is 12.0 Å². The highest BCUT2D eigenvalue weighted by molar-refractivity contribution is 6.33. The Morgan fingerprint density at radius 1 is 1.15 bits per heavy atom. The normalized spacial score (nSPS) is 9.85. The number of benzene rings is 1. The van der Waals surface area contributed by atoms with E-state index in [0.717, 1.165) is 0 Å². The van der Waals surface area contributed by atoms with Crippen LogP contribution in [-0.4, -0.2) is 27.1 Å². The number of carboxylic acids is 1. The van der Waals surface area contributed by atoms with Crippen LogP contribution in [0.3, 0.4) is 0 Å². The van der Waals surface area contributed by atoms with E-state index < -0.39 is 12.0 Å². The predicted octanol–water partition coefficient (Wildman–Crippen LogP) is 2.47. The minimum atomic E-state index is -1.18. The lowest BCUT2D eigenvalue weighted by molar-refractivity contribution is 0.0697. The van der Waals surface area contributed by atoms with E-state index in [1.54, 1.807) is 6.07 Å². The standard InChI is InChI=1S/C12H9ClN4O3/c13-9-3-2-7(6-8(9)10(18)19)16-12(20)17-11-14-4-1-5-15-11/h1-6H,(H,18,19)(H2,14,15,16,17,20). The van der Waals surface area contributed by atoms with Gasteiger partial charge in [-0.15, -0.1) is 0 Å². The van der Waals surface area contributed by atoms with Crippen LogP contribution in [0.25, 0.3) is 0 Å². The SMILES string of the molecule is O=C(Nc1ccc(Cl)c(C(=O)O)c1)Nc1ncccn1. The molecule has 0 atom stereocenters. The van der Waals surface area contributed by atoms with Crippen molar-refractivity contribution in [1.29, 1.82) is 0 Å². The highest BCUT2D eigenvalue weighted by atomic mass is 35.5. The monoisotopic (exact) mass is 292 g/mol. The van der Waals surface area contributed by atoms with Crippen molar-refractivity contribution in [2.45, 2.75) is 0 Å². The fraction of sp³-hybridized carbons (Fsp3) is 0. The van der Waals surface area contributed by atoms with Crippen molar-refractivity contribution in [2.75, 3.05) is 10.6 Å². The van der Waals surface area contributed by atoms with Crippen molar-refractivity contribution in [2.24, 2.45) is 0 Å². The van der Waals surface area contributed by atoms with Gasteiger partial charge in [0.15, 0.2) is 0 Å². The Hall–Kier alpha value is -2.67. The lowest BCUT2D eigenvalue weighted by atomic mass is 10.2. The van der Waals surface area contributed by atoms with Gasteiger partial charge < -0.3 is 10.4 Å². The van der Waals surface area contributed by atoms with Crippen LogP contribution in [0.4, 0.5) is 16.4 Å². The average molecular weight is 293 g/mol. The fourth-order valence-electron chi connectivity index (χ4n) is 1.39. The Kier molecular flexibility index (Phi) is 4.11. The maximum atomic E-state index is 11.7. The van der Waals surface area contributed by atoms with E-state index in [1.165, 1.54) is 30.6 Å². The number of nitrogens with one attached hydrogen (secondary N) is 2. The molecule has 1 aromatic carbocycles. The predicted molar refractivity (Wildman–Crippen MR) is 73.1 cm³/mol. The summed E-state index contributed by atoms with van der Waals surface area (Å²) >= 11 is 5.73. The fourth-order valence-corrected chi connectivity index (χ4v) is 1.59. The van der Waals surface area contributed by atoms with Gasteiger partial charge in [-0.3, -0.25) is 5.32 Å². The Morgan fingerprint density at radius 3 is 2.50 bits per heavy atom. The molecule has 3 N–H and O–H groups in total. The van der Waals surface area contributed by atoms with E-state index in [9.17, 15) is 9.59 Å². The molecule has 0 aliphatic carbocycles. The third-order valence-electron chi connectivity index (χ3n) is 2.25. The van der Waals surface area contributed by atoms with E-state index in [1.807, 2.05) is 0 Å². The molecule has 2 amide bonds. The van der Waals surface area contributed by atoms with Gasteiger partial charge in [0, 0.05) is 18.1 Å². The summed E-state index contributed by atoms with van der Waals surface area (Å²) < 4.78 is 0. The Morgan fingerprint density at radius 2 is 1.85 bits per heavy atom. The smallest absolute Gasteiger partial charge is 0.337 e. The van der Waals surface area contributed by atoms with E-state index in [2.05, 4.69) is 20.6 Å². The number of carbonyl (C=O) groups excluding carboxylic acids is 1. The Labute approximate surface area is 118 Å². The molecule has 0 aliphatic heterocycles. The molecule has 0 aliphatic rings. The topological polar surface area (TPSA) is 104 Å². The molecule has 2 rings (SSSR count). The highest BCUT2D eigenvalue weighted by Crippen LogP contribution is 2.20. The number of hydrogen-bond donors (Lipinski definition) is 3. The number of anilines is 2. The summed E-state index contributed by atoms with van der Waals surface area (Å²) in [5.41, 5.74) is 0.195. The van der Waals surface area contributed by atoms with Gasteiger partial charge in [-0.05, 0) is 24.3 Å². The number of amides is 2. The molecule has 0 fully saturated rings. The number of halogens is 1. The highest BCUT2D eigenvalue weighted by Gasteiger charge is 2.11. The van der Waals surface area contributed by atoms with E-state index >= 15 is 0 Å². The van der Waals surface area contributed by atoms with Gasteiger partial charge in [0.25, 0.3) is 0 Å². The summed E-state index contributed by atoms with van der Waals surface area (Å²) in [6, 6.07) is 5.16. The number of aromatic nitrogens is 2. The molecule has 0 spiro atoms. The van der Waals surface area contributed by atoms with Crippen molar-refractivity contribution in [3.05, 3.63) is 47.2 Å². The van der Waals surface area contributed by atoms with Crippen LogP contribution in [0.15, 0.2) is 36.7 Å². The first-order chi connectivity index (χ1) is 9.56. The average Bonchev–Trinajstić information content (AvgIpc) is 2.41. The van der Waals surface area contributed by atoms with Crippen LogP contribution >= 0.6 is 11.6 Å². The van der Waals surface area contributed by atoms with Gasteiger partial charge in [-0.2, -0.15) is 0 Å². The minimum absolute atomic E-state index is 0.0925. The second-order valence-corrected chi connectivity index (χ2v) is 4.06. The van der Waals surface area contributed by atoms with Gasteiger partial charge in [-0.1, -0.05) is 11.6 Å². The molecule has 0 unspecified atom stereocenters. The quantitative estimate of drug-likeness (QED) is 0.806. The Bertz CT molecular complexity index is 648. The lowest BCUT2D eigenvalue weighted by Gasteiger charge is -2.07. The molecule has 8 heteroatoms. The molecule has 1 heterocycles. The first kappa shape index (κ1) is 13.8. The van der Waals surface area contributed by atoms with Crippen LogP contribution in [0.2, 0.25) is 5.02 Å². The summed E-state index contributed by atoms with van der Waals surface area (Å²) in [5, 5.41) is 13.9. The molecule has 20 heavy (non-hydrogen) atoms. The molecule has 102 valence electrons. The second-order valence-electron chi connectivity index (χ2n) is 3.65. The maximum absolute atomic E-state index is 11.7. The lowest BCUT2D eigenvalue weighted by Crippen LogP contribution is -2.21. The van der Waals surface area contributed by atoms with E-state index in [0.29, 0.717) is 5.69 Å². The zero-order valence-electron chi connectivity index (χ0n) is 10.0. The number of carboxylic acid groups (broad SMARTS) is 1. The van der Waals surface area contributed by atoms with Gasteiger partial charge in [0.1, 0.15) is 0 Å². The molecule has 0 saturated heterocycles. The van der Waals surface area contributed by atoms with Crippen molar-refractivity contribution >= 4 is 35.2 Å². The summed E-state index contributed by atoms with van der Waals surface area (Å²) in [4.78, 5) is 30.2. The molecule has 0 saturated carbocycles. The van der Waals surface area contributed by atoms with Gasteiger partial charge in [0.2, 0.25) is 5.95 Å². The van der Waals surface area contributed by atoms with Crippen molar-refractivity contribution in [3.8, 4) is 0 Å². The number of carbonyl (C=O) groups is 2. The van der Waals surface area contributed by atoms with Crippen LogP contribution in [0.5, 0.6) is 0 Å². The van der Waals surface area contributed by atoms with Crippen molar-refractivity contribution in [3.63, 3.8) is 0 Å². The molecule has 0 bridgehead atoms. The summed E-state index contributed by atoms with van der Waals surface area (Å²) in [5.74, 6) is -1.04. The number of nitrogens with zero attached hydrogens (tertiary/aromatic N) is 2. The first-order valence-electron chi connectivity index (χ1n) is 5.44.